The van der Waals surface area contributed by atoms with Crippen molar-refractivity contribution in [1.29, 1.82) is 0 Å². The molecule has 0 radical (unpaired) electrons. The van der Waals surface area contributed by atoms with Gasteiger partial charge in [0.25, 0.3) is 0 Å². The van der Waals surface area contributed by atoms with Crippen molar-refractivity contribution in [3.63, 3.8) is 0 Å². The molecule has 1 rings (SSSR count). The maximum Gasteiger partial charge on any atom is 0.132 e. The minimum absolute atomic E-state index is 0.132. The van der Waals surface area contributed by atoms with Gasteiger partial charge in [-0.3, -0.25) is 0 Å². The van der Waals surface area contributed by atoms with Crippen LogP contribution in [0.1, 0.15) is 30.9 Å². The Morgan fingerprint density at radius 1 is 1.25 bits per heavy atom. The van der Waals surface area contributed by atoms with Gasteiger partial charge in [0.15, 0.2) is 0 Å². The van der Waals surface area contributed by atoms with Crippen LogP contribution in [0.3, 0.4) is 0 Å². The lowest BCUT2D eigenvalue weighted by Crippen LogP contribution is -2.22. The van der Waals surface area contributed by atoms with Gasteiger partial charge in [0, 0.05) is 5.56 Å². The molecule has 1 aromatic carbocycles. The molecule has 3 heteroatoms. The Morgan fingerprint density at radius 3 is 2.44 bits per heavy atom. The first-order valence-corrected chi connectivity index (χ1v) is 5.58. The predicted octanol–water partition coefficient (Wildman–Crippen LogP) is 3.23. The highest BCUT2D eigenvalue weighted by atomic mass is 19.1. The average molecular weight is 227 g/mol. The second kappa shape index (κ2) is 5.39. The molecule has 2 atom stereocenters. The van der Waals surface area contributed by atoms with Crippen molar-refractivity contribution in [1.82, 2.24) is 5.32 Å². The SMILES string of the molecule is CNCC(C)C(C)c1c(F)ccc(C)c1F. The molecule has 2 unspecified atom stereocenters. The minimum Gasteiger partial charge on any atom is -0.319 e. The quantitative estimate of drug-likeness (QED) is 0.832. The standard InChI is InChI=1S/C13H19F2N/c1-8-5-6-11(14)12(13(8)15)10(3)9(2)7-16-4/h5-6,9-10,16H,7H2,1-4H3. The van der Waals surface area contributed by atoms with Crippen molar-refractivity contribution in [3.8, 4) is 0 Å². The summed E-state index contributed by atoms with van der Waals surface area (Å²) in [6, 6.07) is 2.82. The topological polar surface area (TPSA) is 12.0 Å². The molecule has 0 aliphatic rings. The maximum atomic E-state index is 13.9. The summed E-state index contributed by atoms with van der Waals surface area (Å²) in [6.45, 7) is 6.26. The number of aryl methyl sites for hydroxylation is 1. The van der Waals surface area contributed by atoms with E-state index in [1.54, 1.807) is 6.92 Å². The van der Waals surface area contributed by atoms with Gasteiger partial charge in [-0.1, -0.05) is 19.9 Å². The van der Waals surface area contributed by atoms with Gasteiger partial charge in [0.1, 0.15) is 11.6 Å². The van der Waals surface area contributed by atoms with Crippen LogP contribution in [-0.2, 0) is 0 Å². The van der Waals surface area contributed by atoms with E-state index in [0.717, 1.165) is 6.54 Å². The monoisotopic (exact) mass is 227 g/mol. The van der Waals surface area contributed by atoms with E-state index in [1.165, 1.54) is 12.1 Å². The van der Waals surface area contributed by atoms with E-state index in [4.69, 9.17) is 0 Å². The van der Waals surface area contributed by atoms with Gasteiger partial charge in [0.05, 0.1) is 0 Å². The Kier molecular flexibility index (Phi) is 4.42. The second-order valence-corrected chi connectivity index (χ2v) is 4.42. The maximum absolute atomic E-state index is 13.9. The van der Waals surface area contributed by atoms with Crippen LogP contribution in [0.4, 0.5) is 8.78 Å². The molecule has 0 aromatic heterocycles. The molecule has 0 spiro atoms. The third-order valence-electron chi connectivity index (χ3n) is 3.15. The first-order valence-electron chi connectivity index (χ1n) is 5.58. The zero-order valence-corrected chi connectivity index (χ0v) is 10.3. The molecule has 0 saturated carbocycles. The van der Waals surface area contributed by atoms with Crippen molar-refractivity contribution >= 4 is 0 Å². The zero-order chi connectivity index (χ0) is 12.3. The molecule has 0 amide bonds. The van der Waals surface area contributed by atoms with Crippen LogP contribution in [0.25, 0.3) is 0 Å². The molecule has 90 valence electrons. The lowest BCUT2D eigenvalue weighted by atomic mass is 9.87. The minimum atomic E-state index is -0.446. The Bertz CT molecular complexity index is 363. The van der Waals surface area contributed by atoms with Gasteiger partial charge in [-0.15, -0.1) is 0 Å². The van der Waals surface area contributed by atoms with E-state index in [2.05, 4.69) is 5.32 Å². The van der Waals surface area contributed by atoms with Crippen molar-refractivity contribution in [2.45, 2.75) is 26.7 Å². The van der Waals surface area contributed by atoms with Crippen molar-refractivity contribution in [3.05, 3.63) is 34.9 Å². The molecule has 1 aromatic rings. The lowest BCUT2D eigenvalue weighted by molar-refractivity contribution is 0.428. The van der Waals surface area contributed by atoms with E-state index in [-0.39, 0.29) is 17.4 Å². The first-order chi connectivity index (χ1) is 7.49. The van der Waals surface area contributed by atoms with Crippen molar-refractivity contribution in [2.75, 3.05) is 13.6 Å². The van der Waals surface area contributed by atoms with E-state index in [9.17, 15) is 8.78 Å². The Morgan fingerprint density at radius 2 is 1.88 bits per heavy atom. The summed E-state index contributed by atoms with van der Waals surface area (Å²) in [5.41, 5.74) is 0.711. The average Bonchev–Trinajstić information content (AvgIpc) is 2.24. The molecule has 1 nitrogen and oxygen atoms in total. The van der Waals surface area contributed by atoms with Crippen LogP contribution >= 0.6 is 0 Å². The summed E-state index contributed by atoms with van der Waals surface area (Å²) < 4.78 is 27.5. The molecule has 0 heterocycles. The summed E-state index contributed by atoms with van der Waals surface area (Å²) in [5.74, 6) is -0.794. The fourth-order valence-corrected chi connectivity index (χ4v) is 1.88. The third-order valence-corrected chi connectivity index (χ3v) is 3.15. The van der Waals surface area contributed by atoms with Crippen LogP contribution in [0.15, 0.2) is 12.1 Å². The molecule has 0 bridgehead atoms. The van der Waals surface area contributed by atoms with Crippen LogP contribution < -0.4 is 5.32 Å². The summed E-state index contributed by atoms with van der Waals surface area (Å²) in [4.78, 5) is 0. The first kappa shape index (κ1) is 13.1. The van der Waals surface area contributed by atoms with E-state index in [0.29, 0.717) is 5.56 Å². The zero-order valence-electron chi connectivity index (χ0n) is 10.3. The van der Waals surface area contributed by atoms with Gasteiger partial charge in [-0.05, 0) is 44.0 Å². The smallest absolute Gasteiger partial charge is 0.132 e. The highest BCUT2D eigenvalue weighted by Gasteiger charge is 2.22. The summed E-state index contributed by atoms with van der Waals surface area (Å²) in [6.07, 6.45) is 0. The third kappa shape index (κ3) is 2.59. The number of halogens is 2. The number of hydrogen-bond donors (Lipinski definition) is 1. The molecular weight excluding hydrogens is 208 g/mol. The van der Waals surface area contributed by atoms with Crippen LogP contribution in [0.5, 0.6) is 0 Å². The van der Waals surface area contributed by atoms with Gasteiger partial charge in [-0.25, -0.2) is 8.78 Å². The van der Waals surface area contributed by atoms with Gasteiger partial charge >= 0.3 is 0 Å². The highest BCUT2D eigenvalue weighted by Crippen LogP contribution is 2.29. The predicted molar refractivity (Wildman–Crippen MR) is 62.6 cm³/mol. The summed E-state index contributed by atoms with van der Waals surface area (Å²) in [7, 11) is 1.84. The molecule has 1 N–H and O–H groups in total. The number of hydrogen-bond acceptors (Lipinski definition) is 1. The highest BCUT2D eigenvalue weighted by molar-refractivity contribution is 5.29. The molecule has 0 aliphatic carbocycles. The normalized spacial score (nSPS) is 14.9. The van der Waals surface area contributed by atoms with E-state index < -0.39 is 11.6 Å². The summed E-state index contributed by atoms with van der Waals surface area (Å²) in [5, 5.41) is 3.03. The van der Waals surface area contributed by atoms with Crippen molar-refractivity contribution < 1.29 is 8.78 Å². The summed E-state index contributed by atoms with van der Waals surface area (Å²) >= 11 is 0. The van der Waals surface area contributed by atoms with Gasteiger partial charge in [0.2, 0.25) is 0 Å². The molecule has 16 heavy (non-hydrogen) atoms. The largest absolute Gasteiger partial charge is 0.319 e. The van der Waals surface area contributed by atoms with Crippen LogP contribution in [0.2, 0.25) is 0 Å². The number of rotatable bonds is 4. The number of benzene rings is 1. The molecule has 0 fully saturated rings. The van der Waals surface area contributed by atoms with E-state index in [1.807, 2.05) is 20.9 Å². The van der Waals surface area contributed by atoms with Gasteiger partial charge in [-0.2, -0.15) is 0 Å². The number of nitrogens with one attached hydrogen (secondary N) is 1. The Labute approximate surface area is 95.9 Å². The van der Waals surface area contributed by atoms with Crippen LogP contribution in [0, 0.1) is 24.5 Å². The fourth-order valence-electron chi connectivity index (χ4n) is 1.88. The van der Waals surface area contributed by atoms with Crippen molar-refractivity contribution in [2.24, 2.45) is 5.92 Å². The molecule has 0 aliphatic heterocycles. The lowest BCUT2D eigenvalue weighted by Gasteiger charge is -2.21. The van der Waals surface area contributed by atoms with Gasteiger partial charge < -0.3 is 5.32 Å². The molecule has 0 saturated heterocycles. The Hall–Kier alpha value is -0.960. The Balaban J connectivity index is 3.07. The molecular formula is C13H19F2N. The fraction of sp³-hybridized carbons (Fsp3) is 0.538. The van der Waals surface area contributed by atoms with Crippen LogP contribution in [-0.4, -0.2) is 13.6 Å². The second-order valence-electron chi connectivity index (χ2n) is 4.42. The van der Waals surface area contributed by atoms with E-state index >= 15 is 0 Å².